The van der Waals surface area contributed by atoms with Crippen molar-refractivity contribution in [2.45, 2.75) is 12.5 Å². The van der Waals surface area contributed by atoms with Crippen molar-refractivity contribution in [3.05, 3.63) is 12.3 Å². The van der Waals surface area contributed by atoms with Crippen molar-refractivity contribution < 1.29 is 19.7 Å². The molecule has 1 atom stereocenters. The predicted molar refractivity (Wildman–Crippen MR) is 34.8 cm³/mol. The van der Waals surface area contributed by atoms with E-state index in [0.717, 1.165) is 0 Å². The number of aliphatic hydroxyl groups is 1. The zero-order valence-corrected chi connectivity index (χ0v) is 5.70. The summed E-state index contributed by atoms with van der Waals surface area (Å²) in [6, 6.07) is 0. The molecule has 0 radical (unpaired) electrons. The van der Waals surface area contributed by atoms with E-state index in [1.54, 1.807) is 0 Å². The number of rotatable bonds is 4. The van der Waals surface area contributed by atoms with Gasteiger partial charge in [-0.15, -0.1) is 0 Å². The number of carboxylic acid groups (broad SMARTS) is 1. The van der Waals surface area contributed by atoms with Gasteiger partial charge in [-0.3, -0.25) is 4.79 Å². The number of aliphatic hydroxyl groups excluding tert-OH is 1. The summed E-state index contributed by atoms with van der Waals surface area (Å²) in [6.07, 6.45) is -1.05. The Bertz CT molecular complexity index is 141. The van der Waals surface area contributed by atoms with Crippen LogP contribution in [0.25, 0.3) is 0 Å². The second-order valence-electron chi connectivity index (χ2n) is 1.81. The Balaban J connectivity index is 3.83. The number of ether oxygens (including phenoxy) is 1. The molecule has 1 unspecified atom stereocenters. The maximum absolute atomic E-state index is 10.0. The number of methoxy groups -OCH3 is 1. The molecule has 0 rings (SSSR count). The molecule has 58 valence electrons. The van der Waals surface area contributed by atoms with Gasteiger partial charge in [-0.2, -0.15) is 0 Å². The molecular weight excluding hydrogens is 136 g/mol. The Hall–Kier alpha value is -1.03. The molecule has 0 spiro atoms. The van der Waals surface area contributed by atoms with Crippen molar-refractivity contribution in [3.8, 4) is 0 Å². The van der Waals surface area contributed by atoms with E-state index in [4.69, 9.17) is 10.2 Å². The molecule has 0 amide bonds. The highest BCUT2D eigenvalue weighted by molar-refractivity contribution is 5.67. The van der Waals surface area contributed by atoms with Gasteiger partial charge in [0.05, 0.1) is 6.42 Å². The van der Waals surface area contributed by atoms with Crippen LogP contribution in [0.3, 0.4) is 0 Å². The first-order chi connectivity index (χ1) is 4.57. The van der Waals surface area contributed by atoms with Crippen molar-refractivity contribution >= 4 is 5.97 Å². The summed E-state index contributed by atoms with van der Waals surface area (Å²) in [7, 11) is 1.31. The van der Waals surface area contributed by atoms with Crippen LogP contribution < -0.4 is 0 Å². The maximum Gasteiger partial charge on any atom is 0.306 e. The highest BCUT2D eigenvalue weighted by Gasteiger charge is 2.14. The molecule has 0 bridgehead atoms. The number of carbonyl (C=O) groups is 1. The molecule has 0 saturated carbocycles. The maximum atomic E-state index is 10.0. The lowest BCUT2D eigenvalue weighted by Crippen LogP contribution is -2.17. The molecule has 0 aliphatic carbocycles. The van der Waals surface area contributed by atoms with Crippen LogP contribution in [0.4, 0.5) is 0 Å². The van der Waals surface area contributed by atoms with E-state index in [2.05, 4.69) is 11.3 Å². The van der Waals surface area contributed by atoms with Crippen LogP contribution in [0.2, 0.25) is 0 Å². The van der Waals surface area contributed by atoms with Crippen molar-refractivity contribution in [2.24, 2.45) is 0 Å². The Morgan fingerprint density at radius 1 is 1.70 bits per heavy atom. The van der Waals surface area contributed by atoms with Crippen LogP contribution in [-0.2, 0) is 9.53 Å². The summed E-state index contributed by atoms with van der Waals surface area (Å²) >= 11 is 0. The summed E-state index contributed by atoms with van der Waals surface area (Å²) in [6.45, 7) is 3.15. The third-order valence-electron chi connectivity index (χ3n) is 1.02. The quantitative estimate of drug-likeness (QED) is 0.568. The number of hydrogen-bond acceptors (Lipinski definition) is 3. The van der Waals surface area contributed by atoms with E-state index < -0.39 is 12.1 Å². The fourth-order valence-corrected chi connectivity index (χ4v) is 0.496. The molecule has 0 saturated heterocycles. The topological polar surface area (TPSA) is 66.8 Å². The molecule has 0 aromatic rings. The number of carboxylic acids is 1. The van der Waals surface area contributed by atoms with Crippen LogP contribution in [0.15, 0.2) is 12.3 Å². The second-order valence-corrected chi connectivity index (χ2v) is 1.81. The van der Waals surface area contributed by atoms with Gasteiger partial charge >= 0.3 is 5.97 Å². The van der Waals surface area contributed by atoms with Gasteiger partial charge in [0.25, 0.3) is 0 Å². The summed E-state index contributed by atoms with van der Waals surface area (Å²) in [4.78, 5) is 10.0. The van der Waals surface area contributed by atoms with Crippen LogP contribution in [-0.4, -0.2) is 29.4 Å². The van der Waals surface area contributed by atoms with Crippen LogP contribution >= 0.6 is 0 Å². The van der Waals surface area contributed by atoms with Crippen LogP contribution in [0.5, 0.6) is 0 Å². The first-order valence-electron chi connectivity index (χ1n) is 2.70. The highest BCUT2D eigenvalue weighted by Crippen LogP contribution is 2.04. The first-order valence-corrected chi connectivity index (χ1v) is 2.70. The monoisotopic (exact) mass is 146 g/mol. The van der Waals surface area contributed by atoms with E-state index in [9.17, 15) is 4.79 Å². The summed E-state index contributed by atoms with van der Waals surface area (Å²) in [5, 5.41) is 16.9. The molecule has 2 N–H and O–H groups in total. The second kappa shape index (κ2) is 3.90. The lowest BCUT2D eigenvalue weighted by atomic mass is 10.2. The Morgan fingerprint density at radius 3 is 2.30 bits per heavy atom. The van der Waals surface area contributed by atoms with E-state index in [1.165, 1.54) is 7.11 Å². The third kappa shape index (κ3) is 3.09. The lowest BCUT2D eigenvalue weighted by Gasteiger charge is -2.09. The average Bonchev–Trinajstić information content (AvgIpc) is 1.81. The molecule has 4 heteroatoms. The summed E-state index contributed by atoms with van der Waals surface area (Å²) in [5.41, 5.74) is 0. The minimum Gasteiger partial charge on any atom is -0.510 e. The zero-order chi connectivity index (χ0) is 8.15. The summed E-state index contributed by atoms with van der Waals surface area (Å²) < 4.78 is 4.59. The van der Waals surface area contributed by atoms with Crippen LogP contribution in [0, 0.1) is 0 Å². The summed E-state index contributed by atoms with van der Waals surface area (Å²) in [5.74, 6) is -1.29. The zero-order valence-electron chi connectivity index (χ0n) is 5.70. The largest absolute Gasteiger partial charge is 0.510 e. The highest BCUT2D eigenvalue weighted by atomic mass is 16.5. The molecular formula is C6H10O4. The predicted octanol–water partition coefficient (Wildman–Crippen LogP) is 0.548. The van der Waals surface area contributed by atoms with Gasteiger partial charge in [0.2, 0.25) is 0 Å². The van der Waals surface area contributed by atoms with Gasteiger partial charge in [-0.25, -0.2) is 0 Å². The molecule has 0 aromatic heterocycles. The minimum atomic E-state index is -1.03. The molecule has 0 aliphatic rings. The fourth-order valence-electron chi connectivity index (χ4n) is 0.496. The standard InChI is InChI=1S/C6H10O4/c1-4(7)5(10-2)3-6(8)9/h5,7H,1,3H2,2H3,(H,8,9). The van der Waals surface area contributed by atoms with E-state index in [0.29, 0.717) is 0 Å². The molecule has 0 aliphatic heterocycles. The van der Waals surface area contributed by atoms with Crippen molar-refractivity contribution in [3.63, 3.8) is 0 Å². The van der Waals surface area contributed by atoms with Crippen molar-refractivity contribution in [1.29, 1.82) is 0 Å². The first kappa shape index (κ1) is 8.97. The smallest absolute Gasteiger partial charge is 0.306 e. The van der Waals surface area contributed by atoms with Crippen molar-refractivity contribution in [1.82, 2.24) is 0 Å². The van der Waals surface area contributed by atoms with E-state index in [-0.39, 0.29) is 12.2 Å². The van der Waals surface area contributed by atoms with E-state index in [1.807, 2.05) is 0 Å². The lowest BCUT2D eigenvalue weighted by molar-refractivity contribution is -0.139. The number of aliphatic carboxylic acids is 1. The van der Waals surface area contributed by atoms with Crippen molar-refractivity contribution in [2.75, 3.05) is 7.11 Å². The minimum absolute atomic E-state index is 0.258. The number of hydrogen-bond donors (Lipinski definition) is 2. The van der Waals surface area contributed by atoms with E-state index >= 15 is 0 Å². The van der Waals surface area contributed by atoms with Gasteiger partial charge in [0, 0.05) is 7.11 Å². The molecule has 4 nitrogen and oxygen atoms in total. The Morgan fingerprint density at radius 2 is 2.20 bits per heavy atom. The van der Waals surface area contributed by atoms with Gasteiger partial charge in [0.1, 0.15) is 11.9 Å². The van der Waals surface area contributed by atoms with Crippen LogP contribution in [0.1, 0.15) is 6.42 Å². The van der Waals surface area contributed by atoms with Gasteiger partial charge in [-0.1, -0.05) is 6.58 Å². The Kier molecular flexibility index (Phi) is 3.49. The van der Waals surface area contributed by atoms with Gasteiger partial charge < -0.3 is 14.9 Å². The normalized spacial score (nSPS) is 12.5. The molecule has 0 fully saturated rings. The average molecular weight is 146 g/mol. The van der Waals surface area contributed by atoms with Gasteiger partial charge in [-0.05, 0) is 0 Å². The molecule has 0 aromatic carbocycles. The molecule has 10 heavy (non-hydrogen) atoms. The SMILES string of the molecule is C=C(O)C(CC(=O)O)OC. The third-order valence-corrected chi connectivity index (χ3v) is 1.02. The Labute approximate surface area is 58.7 Å². The fraction of sp³-hybridized carbons (Fsp3) is 0.500. The van der Waals surface area contributed by atoms with Gasteiger partial charge in [0.15, 0.2) is 0 Å². The molecule has 0 heterocycles.